The summed E-state index contributed by atoms with van der Waals surface area (Å²) in [6.45, 7) is 0. The van der Waals surface area contributed by atoms with Gasteiger partial charge in [0.1, 0.15) is 0 Å². The fraction of sp³-hybridized carbons (Fsp3) is 0.188. The second-order valence-corrected chi connectivity index (χ2v) is 4.62. The molecule has 0 fully saturated rings. The van der Waals surface area contributed by atoms with Gasteiger partial charge in [-0.2, -0.15) is 0 Å². The van der Waals surface area contributed by atoms with Crippen LogP contribution in [-0.4, -0.2) is 20.0 Å². The molecule has 1 N–H and O–H groups in total. The van der Waals surface area contributed by atoms with Crippen LogP contribution in [0.25, 0.3) is 0 Å². The molecular weight excluding hydrogens is 236 g/mol. The van der Waals surface area contributed by atoms with Gasteiger partial charge in [-0.15, -0.1) is 0 Å². The average molecular weight is 254 g/mol. The predicted octanol–water partition coefficient (Wildman–Crippen LogP) is 2.93. The van der Waals surface area contributed by atoms with Crippen LogP contribution in [0.15, 0.2) is 54.6 Å². The topological polar surface area (TPSA) is 32.3 Å². The number of benzene rings is 2. The number of amides is 1. The van der Waals surface area contributed by atoms with Crippen LogP contribution in [0, 0.1) is 0 Å². The molecule has 0 saturated heterocycles. The first-order valence-corrected chi connectivity index (χ1v) is 6.27. The minimum Gasteiger partial charge on any atom is -0.376 e. The summed E-state index contributed by atoms with van der Waals surface area (Å²) in [7, 11) is 3.92. The molecule has 0 unspecified atom stereocenters. The smallest absolute Gasteiger partial charge is 0.228 e. The van der Waals surface area contributed by atoms with Crippen LogP contribution in [0.2, 0.25) is 0 Å². The van der Waals surface area contributed by atoms with Crippen molar-refractivity contribution in [2.75, 3.05) is 24.3 Å². The first-order valence-electron chi connectivity index (χ1n) is 6.27. The van der Waals surface area contributed by atoms with Crippen molar-refractivity contribution in [3.63, 3.8) is 0 Å². The van der Waals surface area contributed by atoms with E-state index in [1.54, 1.807) is 0 Å². The highest BCUT2D eigenvalue weighted by Crippen LogP contribution is 2.23. The highest BCUT2D eigenvalue weighted by Gasteiger charge is 2.08. The van der Waals surface area contributed by atoms with E-state index in [4.69, 9.17) is 0 Å². The Hall–Kier alpha value is -2.29. The van der Waals surface area contributed by atoms with Crippen molar-refractivity contribution in [3.8, 4) is 0 Å². The lowest BCUT2D eigenvalue weighted by molar-refractivity contribution is -0.115. The molecule has 0 heterocycles. The van der Waals surface area contributed by atoms with Crippen molar-refractivity contribution < 1.29 is 4.79 Å². The lowest BCUT2D eigenvalue weighted by atomic mass is 10.1. The molecular formula is C16H18N2O. The zero-order valence-electron chi connectivity index (χ0n) is 11.3. The Morgan fingerprint density at radius 3 is 2.32 bits per heavy atom. The molecule has 0 spiro atoms. The van der Waals surface area contributed by atoms with Gasteiger partial charge in [-0.25, -0.2) is 0 Å². The SMILES string of the molecule is CN(C)c1ccccc1NC(=O)Cc1ccccc1. The summed E-state index contributed by atoms with van der Waals surface area (Å²) in [4.78, 5) is 14.0. The molecule has 1 amide bonds. The fourth-order valence-corrected chi connectivity index (χ4v) is 1.94. The standard InChI is InChI=1S/C16H18N2O/c1-18(2)15-11-7-6-10-14(15)17-16(19)12-13-8-4-3-5-9-13/h3-11H,12H2,1-2H3,(H,17,19). The molecule has 0 radical (unpaired) electrons. The van der Waals surface area contributed by atoms with E-state index < -0.39 is 0 Å². The number of para-hydroxylation sites is 2. The Morgan fingerprint density at radius 1 is 1.00 bits per heavy atom. The number of rotatable bonds is 4. The maximum absolute atomic E-state index is 12.0. The zero-order chi connectivity index (χ0) is 13.7. The van der Waals surface area contributed by atoms with Gasteiger partial charge in [0.2, 0.25) is 5.91 Å². The Balaban J connectivity index is 2.07. The van der Waals surface area contributed by atoms with Crippen molar-refractivity contribution in [3.05, 3.63) is 60.2 Å². The van der Waals surface area contributed by atoms with E-state index in [-0.39, 0.29) is 5.91 Å². The van der Waals surface area contributed by atoms with E-state index in [1.165, 1.54) is 0 Å². The lowest BCUT2D eigenvalue weighted by Crippen LogP contribution is -2.18. The Kier molecular flexibility index (Phi) is 4.18. The average Bonchev–Trinajstić information content (AvgIpc) is 2.40. The van der Waals surface area contributed by atoms with Gasteiger partial charge in [-0.1, -0.05) is 42.5 Å². The van der Waals surface area contributed by atoms with Crippen LogP contribution in [0.5, 0.6) is 0 Å². The van der Waals surface area contributed by atoms with Crippen LogP contribution in [0.3, 0.4) is 0 Å². The number of nitrogens with zero attached hydrogens (tertiary/aromatic N) is 1. The van der Waals surface area contributed by atoms with Crippen LogP contribution < -0.4 is 10.2 Å². The lowest BCUT2D eigenvalue weighted by Gasteiger charge is -2.17. The van der Waals surface area contributed by atoms with Gasteiger partial charge in [0, 0.05) is 14.1 Å². The maximum atomic E-state index is 12.0. The van der Waals surface area contributed by atoms with Crippen LogP contribution in [0.1, 0.15) is 5.56 Å². The molecule has 0 bridgehead atoms. The molecule has 0 atom stereocenters. The summed E-state index contributed by atoms with van der Waals surface area (Å²) in [6.07, 6.45) is 0.391. The minimum atomic E-state index is 0.000463. The van der Waals surface area contributed by atoms with Crippen LogP contribution in [-0.2, 0) is 11.2 Å². The monoisotopic (exact) mass is 254 g/mol. The van der Waals surface area contributed by atoms with Gasteiger partial charge in [-0.3, -0.25) is 4.79 Å². The second kappa shape index (κ2) is 6.05. The molecule has 0 aliphatic carbocycles. The number of carbonyl (C=O) groups is 1. The van der Waals surface area contributed by atoms with Crippen molar-refractivity contribution in [1.29, 1.82) is 0 Å². The summed E-state index contributed by atoms with van der Waals surface area (Å²) in [5.41, 5.74) is 2.86. The van der Waals surface area contributed by atoms with E-state index in [0.717, 1.165) is 16.9 Å². The molecule has 0 saturated carbocycles. The van der Waals surface area contributed by atoms with Crippen molar-refractivity contribution in [2.24, 2.45) is 0 Å². The zero-order valence-corrected chi connectivity index (χ0v) is 11.3. The molecule has 3 heteroatoms. The highest BCUT2D eigenvalue weighted by atomic mass is 16.1. The maximum Gasteiger partial charge on any atom is 0.228 e. The van der Waals surface area contributed by atoms with Gasteiger partial charge >= 0.3 is 0 Å². The van der Waals surface area contributed by atoms with Gasteiger partial charge in [-0.05, 0) is 17.7 Å². The summed E-state index contributed by atoms with van der Waals surface area (Å²) in [5, 5.41) is 2.96. The van der Waals surface area contributed by atoms with E-state index in [9.17, 15) is 4.79 Å². The molecule has 2 aromatic rings. The quantitative estimate of drug-likeness (QED) is 0.909. The minimum absolute atomic E-state index is 0.000463. The number of anilines is 2. The number of nitrogens with one attached hydrogen (secondary N) is 1. The van der Waals surface area contributed by atoms with E-state index in [0.29, 0.717) is 6.42 Å². The Labute approximate surface area is 113 Å². The number of carbonyl (C=O) groups excluding carboxylic acids is 1. The Morgan fingerprint density at radius 2 is 1.63 bits per heavy atom. The predicted molar refractivity (Wildman–Crippen MR) is 79.5 cm³/mol. The molecule has 0 aromatic heterocycles. The third kappa shape index (κ3) is 3.58. The molecule has 0 aliphatic rings. The van der Waals surface area contributed by atoms with Crippen molar-refractivity contribution >= 4 is 17.3 Å². The summed E-state index contributed by atoms with van der Waals surface area (Å²) in [6, 6.07) is 17.5. The molecule has 19 heavy (non-hydrogen) atoms. The number of hydrogen-bond donors (Lipinski definition) is 1. The number of hydrogen-bond acceptors (Lipinski definition) is 2. The Bertz CT molecular complexity index is 550. The highest BCUT2D eigenvalue weighted by molar-refractivity contribution is 5.95. The fourth-order valence-electron chi connectivity index (χ4n) is 1.94. The second-order valence-electron chi connectivity index (χ2n) is 4.62. The van der Waals surface area contributed by atoms with E-state index in [1.807, 2.05) is 73.6 Å². The molecule has 2 rings (SSSR count). The first kappa shape index (κ1) is 13.1. The van der Waals surface area contributed by atoms with E-state index in [2.05, 4.69) is 5.32 Å². The normalized spacial score (nSPS) is 10.0. The van der Waals surface area contributed by atoms with Crippen LogP contribution >= 0.6 is 0 Å². The summed E-state index contributed by atoms with van der Waals surface area (Å²) in [5.74, 6) is 0.000463. The van der Waals surface area contributed by atoms with Crippen LogP contribution in [0.4, 0.5) is 11.4 Å². The van der Waals surface area contributed by atoms with Crippen molar-refractivity contribution in [2.45, 2.75) is 6.42 Å². The third-order valence-electron chi connectivity index (χ3n) is 2.87. The molecule has 2 aromatic carbocycles. The van der Waals surface area contributed by atoms with Gasteiger partial charge < -0.3 is 10.2 Å². The van der Waals surface area contributed by atoms with Gasteiger partial charge in [0.15, 0.2) is 0 Å². The molecule has 0 aliphatic heterocycles. The largest absolute Gasteiger partial charge is 0.376 e. The first-order chi connectivity index (χ1) is 9.16. The van der Waals surface area contributed by atoms with E-state index >= 15 is 0 Å². The third-order valence-corrected chi connectivity index (χ3v) is 2.87. The van der Waals surface area contributed by atoms with Gasteiger partial charge in [0.25, 0.3) is 0 Å². The van der Waals surface area contributed by atoms with Crippen molar-refractivity contribution in [1.82, 2.24) is 0 Å². The molecule has 3 nitrogen and oxygen atoms in total. The molecule has 98 valence electrons. The summed E-state index contributed by atoms with van der Waals surface area (Å²) < 4.78 is 0. The van der Waals surface area contributed by atoms with Gasteiger partial charge in [0.05, 0.1) is 17.8 Å². The summed E-state index contributed by atoms with van der Waals surface area (Å²) >= 11 is 0.